The van der Waals surface area contributed by atoms with Crippen LogP contribution in [0.15, 0.2) is 72.4 Å². The molecular formula is C27H23N3O4. The van der Waals surface area contributed by atoms with Crippen LogP contribution < -0.4 is 4.90 Å². The van der Waals surface area contributed by atoms with E-state index in [0.29, 0.717) is 30.0 Å². The Morgan fingerprint density at radius 3 is 2.29 bits per heavy atom. The second-order valence-electron chi connectivity index (χ2n) is 8.70. The normalized spacial score (nSPS) is 15.7. The summed E-state index contributed by atoms with van der Waals surface area (Å²) in [5.41, 5.74) is 5.72. The lowest BCUT2D eigenvalue weighted by atomic mass is 9.98. The number of imide groups is 1. The van der Waals surface area contributed by atoms with E-state index in [1.54, 1.807) is 12.1 Å². The van der Waals surface area contributed by atoms with Crippen LogP contribution in [0.3, 0.4) is 0 Å². The van der Waals surface area contributed by atoms with Crippen molar-refractivity contribution in [2.45, 2.75) is 26.8 Å². The van der Waals surface area contributed by atoms with E-state index in [1.165, 1.54) is 22.6 Å². The Kier molecular flexibility index (Phi) is 5.24. The highest BCUT2D eigenvalue weighted by atomic mass is 16.6. The van der Waals surface area contributed by atoms with Crippen molar-refractivity contribution in [2.24, 2.45) is 0 Å². The summed E-state index contributed by atoms with van der Waals surface area (Å²) < 4.78 is 0. The van der Waals surface area contributed by atoms with Gasteiger partial charge in [-0.15, -0.1) is 0 Å². The third-order valence-corrected chi connectivity index (χ3v) is 6.48. The van der Waals surface area contributed by atoms with Crippen LogP contribution in [0.5, 0.6) is 0 Å². The van der Waals surface area contributed by atoms with Crippen molar-refractivity contribution in [3.8, 4) is 0 Å². The fourth-order valence-electron chi connectivity index (χ4n) is 4.69. The minimum atomic E-state index is -0.481. The van der Waals surface area contributed by atoms with E-state index in [0.717, 1.165) is 23.1 Å². The van der Waals surface area contributed by atoms with Crippen molar-refractivity contribution in [1.29, 1.82) is 0 Å². The summed E-state index contributed by atoms with van der Waals surface area (Å²) in [4.78, 5) is 41.5. The fourth-order valence-corrected chi connectivity index (χ4v) is 4.69. The Hall–Kier alpha value is -4.26. The highest BCUT2D eigenvalue weighted by Gasteiger charge is 2.43. The number of carbonyl (C=O) groups excluding carboxylic acids is 2. The molecule has 5 rings (SSSR count). The Morgan fingerprint density at radius 1 is 0.882 bits per heavy atom. The minimum Gasteiger partial charge on any atom is -0.362 e. The zero-order valence-corrected chi connectivity index (χ0v) is 18.9. The van der Waals surface area contributed by atoms with E-state index in [9.17, 15) is 19.7 Å². The van der Waals surface area contributed by atoms with Gasteiger partial charge in [-0.2, -0.15) is 0 Å². The maximum Gasteiger partial charge on any atom is 0.282 e. The Bertz CT molecular complexity index is 1370. The smallest absolute Gasteiger partial charge is 0.282 e. The molecule has 0 aliphatic carbocycles. The number of rotatable bonds is 4. The van der Waals surface area contributed by atoms with Crippen molar-refractivity contribution in [3.05, 3.63) is 110 Å². The Morgan fingerprint density at radius 2 is 1.59 bits per heavy atom. The summed E-state index contributed by atoms with van der Waals surface area (Å²) in [6, 6.07) is 19.6. The molecule has 2 amide bonds. The topological polar surface area (TPSA) is 83.8 Å². The second-order valence-corrected chi connectivity index (χ2v) is 8.70. The molecule has 3 aromatic carbocycles. The van der Waals surface area contributed by atoms with Crippen LogP contribution in [0, 0.1) is 24.0 Å². The zero-order chi connectivity index (χ0) is 24.0. The predicted octanol–water partition coefficient (Wildman–Crippen LogP) is 4.55. The van der Waals surface area contributed by atoms with Gasteiger partial charge in [-0.05, 0) is 66.3 Å². The van der Waals surface area contributed by atoms with Crippen LogP contribution in [-0.2, 0) is 22.6 Å². The first-order valence-electron chi connectivity index (χ1n) is 11.1. The van der Waals surface area contributed by atoms with Crippen LogP contribution in [0.2, 0.25) is 0 Å². The van der Waals surface area contributed by atoms with Gasteiger partial charge < -0.3 is 4.90 Å². The van der Waals surface area contributed by atoms with Gasteiger partial charge in [0, 0.05) is 25.2 Å². The molecule has 2 aliphatic rings. The van der Waals surface area contributed by atoms with Gasteiger partial charge in [0.2, 0.25) is 0 Å². The van der Waals surface area contributed by atoms with E-state index in [-0.39, 0.29) is 17.2 Å². The summed E-state index contributed by atoms with van der Waals surface area (Å²) in [5.74, 6) is -0.784. The molecule has 0 N–H and O–H groups in total. The molecule has 3 aromatic rings. The third kappa shape index (κ3) is 3.55. The molecule has 2 heterocycles. The lowest BCUT2D eigenvalue weighted by Crippen LogP contribution is -2.37. The number of fused-ring (bicyclic) bond motifs is 1. The number of benzene rings is 3. The molecule has 0 saturated carbocycles. The van der Waals surface area contributed by atoms with Gasteiger partial charge in [-0.3, -0.25) is 19.7 Å². The van der Waals surface area contributed by atoms with E-state index in [2.05, 4.69) is 6.07 Å². The molecule has 0 bridgehead atoms. The van der Waals surface area contributed by atoms with Crippen molar-refractivity contribution in [2.75, 3.05) is 11.4 Å². The van der Waals surface area contributed by atoms with Crippen LogP contribution in [-0.4, -0.2) is 28.2 Å². The number of amides is 2. The molecule has 7 heteroatoms. The van der Waals surface area contributed by atoms with Gasteiger partial charge in [0.1, 0.15) is 5.70 Å². The lowest BCUT2D eigenvalue weighted by molar-refractivity contribution is -0.384. The van der Waals surface area contributed by atoms with Gasteiger partial charge in [-0.25, -0.2) is 4.90 Å². The fraction of sp³-hybridized carbons (Fsp3) is 0.185. The average molecular weight is 453 g/mol. The van der Waals surface area contributed by atoms with Crippen LogP contribution in [0.25, 0.3) is 5.57 Å². The monoisotopic (exact) mass is 453 g/mol. The lowest BCUT2D eigenvalue weighted by Gasteiger charge is -2.31. The van der Waals surface area contributed by atoms with Crippen molar-refractivity contribution in [1.82, 2.24) is 4.90 Å². The molecule has 2 aliphatic heterocycles. The number of anilines is 1. The molecular weight excluding hydrogens is 430 g/mol. The zero-order valence-electron chi connectivity index (χ0n) is 18.9. The average Bonchev–Trinajstić information content (AvgIpc) is 3.10. The maximum atomic E-state index is 13.8. The third-order valence-electron chi connectivity index (χ3n) is 6.48. The van der Waals surface area contributed by atoms with Gasteiger partial charge in [0.05, 0.1) is 16.2 Å². The van der Waals surface area contributed by atoms with E-state index < -0.39 is 10.8 Å². The van der Waals surface area contributed by atoms with Crippen molar-refractivity contribution >= 4 is 28.8 Å². The quantitative estimate of drug-likeness (QED) is 0.329. The molecule has 0 atom stereocenters. The van der Waals surface area contributed by atoms with Crippen molar-refractivity contribution < 1.29 is 14.5 Å². The highest BCUT2D eigenvalue weighted by molar-refractivity contribution is 6.45. The molecule has 0 unspecified atom stereocenters. The van der Waals surface area contributed by atoms with Crippen LogP contribution in [0.4, 0.5) is 11.4 Å². The van der Waals surface area contributed by atoms with E-state index >= 15 is 0 Å². The molecule has 0 aromatic heterocycles. The number of carbonyl (C=O) groups is 2. The first kappa shape index (κ1) is 21.6. The standard InChI is InChI=1S/C27H23N3O4/c1-17-7-8-18(2)23(15-17)29-26(31)24(20-9-11-22(12-10-20)30(33)34)25(27(29)32)28-14-13-19-5-3-4-6-21(19)16-28/h3-12,15H,13-14,16H2,1-2H3. The van der Waals surface area contributed by atoms with Gasteiger partial charge in [0.25, 0.3) is 17.5 Å². The molecule has 0 radical (unpaired) electrons. The summed E-state index contributed by atoms with van der Waals surface area (Å²) >= 11 is 0. The molecule has 0 saturated heterocycles. The number of hydrogen-bond donors (Lipinski definition) is 0. The number of non-ortho nitro benzene ring substituents is 1. The SMILES string of the molecule is Cc1ccc(C)c(N2C(=O)C(c3ccc([N+](=O)[O-])cc3)=C(N3CCc4ccccc4C3)C2=O)c1. The van der Waals surface area contributed by atoms with Gasteiger partial charge >= 0.3 is 0 Å². The number of hydrogen-bond acceptors (Lipinski definition) is 5. The van der Waals surface area contributed by atoms with Crippen LogP contribution in [0.1, 0.15) is 27.8 Å². The number of nitro benzene ring substituents is 1. The van der Waals surface area contributed by atoms with E-state index in [4.69, 9.17) is 0 Å². The Labute approximate surface area is 197 Å². The molecule has 0 spiro atoms. The number of nitro groups is 1. The largest absolute Gasteiger partial charge is 0.362 e. The van der Waals surface area contributed by atoms with Crippen LogP contribution >= 0.6 is 0 Å². The predicted molar refractivity (Wildman–Crippen MR) is 129 cm³/mol. The first-order chi connectivity index (χ1) is 16.3. The van der Waals surface area contributed by atoms with E-state index in [1.807, 2.05) is 55.1 Å². The summed E-state index contributed by atoms with van der Waals surface area (Å²) in [5, 5.41) is 11.1. The molecule has 0 fully saturated rings. The number of nitrogens with zero attached hydrogens (tertiary/aromatic N) is 3. The maximum absolute atomic E-state index is 13.8. The second kappa shape index (κ2) is 8.26. The molecule has 170 valence electrons. The highest BCUT2D eigenvalue weighted by Crippen LogP contribution is 2.38. The Balaban J connectivity index is 1.64. The first-order valence-corrected chi connectivity index (χ1v) is 11.1. The van der Waals surface area contributed by atoms with Gasteiger partial charge in [-0.1, -0.05) is 36.4 Å². The molecule has 7 nitrogen and oxygen atoms in total. The number of aryl methyl sites for hydroxylation is 2. The van der Waals surface area contributed by atoms with Crippen molar-refractivity contribution in [3.63, 3.8) is 0 Å². The molecule has 34 heavy (non-hydrogen) atoms. The summed E-state index contributed by atoms with van der Waals surface area (Å²) in [6.45, 7) is 4.90. The van der Waals surface area contributed by atoms with Gasteiger partial charge in [0.15, 0.2) is 0 Å². The minimum absolute atomic E-state index is 0.0686. The summed E-state index contributed by atoms with van der Waals surface area (Å²) in [7, 11) is 0. The summed E-state index contributed by atoms with van der Waals surface area (Å²) in [6.07, 6.45) is 0.762.